The first-order valence-corrected chi connectivity index (χ1v) is 20.1. The van der Waals surface area contributed by atoms with E-state index in [0.717, 1.165) is 22.7 Å². The summed E-state index contributed by atoms with van der Waals surface area (Å²) in [6, 6.07) is 74.5. The molecule has 0 fully saturated rings. The lowest BCUT2D eigenvalue weighted by Gasteiger charge is -2.25. The number of anilines is 3. The summed E-state index contributed by atoms with van der Waals surface area (Å²) in [5, 5.41) is 5.09. The van der Waals surface area contributed by atoms with Crippen molar-refractivity contribution in [3.63, 3.8) is 0 Å². The summed E-state index contributed by atoms with van der Waals surface area (Å²) in [5.74, 6) is 0. The zero-order valence-electron chi connectivity index (χ0n) is 31.0. The fourth-order valence-electron chi connectivity index (χ4n) is 8.31. The van der Waals surface area contributed by atoms with Crippen molar-refractivity contribution in [3.8, 4) is 33.6 Å². The van der Waals surface area contributed by atoms with Crippen LogP contribution in [0.1, 0.15) is 0 Å². The average Bonchev–Trinajstić information content (AvgIpc) is 3.83. The molecule has 0 bridgehead atoms. The van der Waals surface area contributed by atoms with Gasteiger partial charge in [0, 0.05) is 72.3 Å². The molecule has 0 radical (unpaired) electrons. The van der Waals surface area contributed by atoms with Crippen LogP contribution in [-0.2, 0) is 0 Å². The molecule has 0 aliphatic carbocycles. The normalized spacial score (nSPS) is 11.5. The average molecular weight is 747 g/mol. The van der Waals surface area contributed by atoms with E-state index >= 15 is 0 Å². The Bertz CT molecular complexity index is 3120. The first kappa shape index (κ1) is 33.1. The van der Waals surface area contributed by atoms with E-state index < -0.39 is 0 Å². The summed E-state index contributed by atoms with van der Waals surface area (Å²) >= 11 is 1.86. The molecule has 0 aliphatic heterocycles. The topological polar surface area (TPSA) is 12.1 Å². The molecule has 8 aromatic carbocycles. The molecule has 0 saturated carbocycles. The van der Waals surface area contributed by atoms with Gasteiger partial charge in [0.05, 0.1) is 16.7 Å². The number of benzene rings is 8. The zero-order valence-corrected chi connectivity index (χ0v) is 31.9. The summed E-state index contributed by atoms with van der Waals surface area (Å²) < 4.78 is 7.27. The van der Waals surface area contributed by atoms with Crippen molar-refractivity contribution in [2.24, 2.45) is 0 Å². The molecule has 0 spiro atoms. The van der Waals surface area contributed by atoms with Crippen molar-refractivity contribution in [2.75, 3.05) is 4.90 Å². The third-order valence-electron chi connectivity index (χ3n) is 11.1. The van der Waals surface area contributed by atoms with Crippen LogP contribution in [0.5, 0.6) is 0 Å². The second-order valence-corrected chi connectivity index (χ2v) is 15.5. The Morgan fingerprint density at radius 1 is 0.368 bits per heavy atom. The van der Waals surface area contributed by atoms with Gasteiger partial charge < -0.3 is 9.47 Å². The zero-order chi connectivity index (χ0) is 37.7. The second kappa shape index (κ2) is 13.8. The Morgan fingerprint density at radius 3 is 1.56 bits per heavy atom. The molecule has 0 N–H and O–H groups in total. The van der Waals surface area contributed by atoms with Crippen LogP contribution >= 0.6 is 11.3 Å². The Kier molecular flexibility index (Phi) is 8.01. The monoisotopic (exact) mass is 746 g/mol. The van der Waals surface area contributed by atoms with Crippen LogP contribution in [0.25, 0.3) is 75.6 Å². The minimum Gasteiger partial charge on any atom is -0.310 e. The van der Waals surface area contributed by atoms with Crippen LogP contribution in [0.15, 0.2) is 219 Å². The number of rotatable bonds is 7. The number of fused-ring (bicyclic) bond motifs is 6. The molecule has 0 unspecified atom stereocenters. The standard InChI is InChI=1S/C53H36N3S/c1-3-11-37(12-4-1)39-19-23-41(24-20-39)55(42-25-21-40(22-26-42)38-13-5-2-6-14-38)43-31-33-54(34-32-43)44-27-29-51-48(35-44)46-15-7-9-17-50(46)56(51)45-28-30-53-49(36-45)47-16-8-10-18-52(47)57-53/h1-36H/q+1. The van der Waals surface area contributed by atoms with Crippen LogP contribution in [0.3, 0.4) is 0 Å². The van der Waals surface area contributed by atoms with Crippen molar-refractivity contribution in [2.45, 2.75) is 0 Å². The summed E-state index contributed by atoms with van der Waals surface area (Å²) in [4.78, 5) is 2.33. The molecule has 57 heavy (non-hydrogen) atoms. The summed E-state index contributed by atoms with van der Waals surface area (Å²) in [6.07, 6.45) is 4.35. The molecule has 4 heteroatoms. The number of pyridine rings is 1. The van der Waals surface area contributed by atoms with Gasteiger partial charge in [-0.25, -0.2) is 0 Å². The van der Waals surface area contributed by atoms with Crippen LogP contribution < -0.4 is 9.47 Å². The van der Waals surface area contributed by atoms with Crippen molar-refractivity contribution in [3.05, 3.63) is 219 Å². The number of thiophene rings is 1. The van der Waals surface area contributed by atoms with Gasteiger partial charge >= 0.3 is 0 Å². The Morgan fingerprint density at radius 2 is 0.895 bits per heavy atom. The largest absolute Gasteiger partial charge is 0.310 e. The Hall–Kier alpha value is -7.27. The molecule has 11 rings (SSSR count). The van der Waals surface area contributed by atoms with Gasteiger partial charge in [0.2, 0.25) is 5.69 Å². The number of para-hydroxylation sites is 1. The quantitative estimate of drug-likeness (QED) is 0.148. The van der Waals surface area contributed by atoms with E-state index in [-0.39, 0.29) is 0 Å². The van der Waals surface area contributed by atoms with Gasteiger partial charge in [0.15, 0.2) is 12.4 Å². The lowest BCUT2D eigenvalue weighted by atomic mass is 10.0. The van der Waals surface area contributed by atoms with E-state index in [2.05, 4.69) is 233 Å². The maximum Gasteiger partial charge on any atom is 0.211 e. The van der Waals surface area contributed by atoms with Gasteiger partial charge in [-0.05, 0) is 82.9 Å². The summed E-state index contributed by atoms with van der Waals surface area (Å²) in [7, 11) is 0. The fourth-order valence-corrected chi connectivity index (χ4v) is 9.39. The number of hydrogen-bond donors (Lipinski definition) is 0. The van der Waals surface area contributed by atoms with Crippen LogP contribution in [0.2, 0.25) is 0 Å². The fraction of sp³-hybridized carbons (Fsp3) is 0. The van der Waals surface area contributed by atoms with Crippen LogP contribution in [-0.4, -0.2) is 4.57 Å². The first-order chi connectivity index (χ1) is 28.2. The highest BCUT2D eigenvalue weighted by Crippen LogP contribution is 2.39. The lowest BCUT2D eigenvalue weighted by molar-refractivity contribution is -0.595. The lowest BCUT2D eigenvalue weighted by Crippen LogP contribution is -2.29. The minimum absolute atomic E-state index is 1.08. The third-order valence-corrected chi connectivity index (χ3v) is 12.3. The molecular formula is C53H36N3S+. The SMILES string of the molecule is c1ccc(-c2ccc(N(c3ccc(-c4ccccc4)cc3)c3cc[n+](-c4ccc5c(c4)c4ccccc4n5-c4ccc5sc6ccccc6c5c4)cc3)cc2)cc1. The van der Waals surface area contributed by atoms with Crippen molar-refractivity contribution >= 4 is 70.4 Å². The highest BCUT2D eigenvalue weighted by molar-refractivity contribution is 7.25. The third kappa shape index (κ3) is 5.86. The molecule has 0 saturated heterocycles. The number of nitrogens with zero attached hydrogens (tertiary/aromatic N) is 3. The number of aromatic nitrogens is 2. The molecule has 0 aliphatic rings. The molecule has 0 atom stereocenters. The Labute approximate surface area is 335 Å². The molecule has 3 aromatic heterocycles. The van der Waals surface area contributed by atoms with Gasteiger partial charge in [0.25, 0.3) is 0 Å². The molecule has 3 nitrogen and oxygen atoms in total. The predicted molar refractivity (Wildman–Crippen MR) is 241 cm³/mol. The van der Waals surface area contributed by atoms with Crippen LogP contribution in [0.4, 0.5) is 17.1 Å². The van der Waals surface area contributed by atoms with E-state index in [9.17, 15) is 0 Å². The van der Waals surface area contributed by atoms with E-state index in [1.165, 1.54) is 69.9 Å². The van der Waals surface area contributed by atoms with Gasteiger partial charge in [0.1, 0.15) is 0 Å². The summed E-state index contributed by atoms with van der Waals surface area (Å²) in [6.45, 7) is 0. The maximum atomic E-state index is 2.41. The highest BCUT2D eigenvalue weighted by atomic mass is 32.1. The first-order valence-electron chi connectivity index (χ1n) is 19.3. The second-order valence-electron chi connectivity index (χ2n) is 14.5. The van der Waals surface area contributed by atoms with Crippen LogP contribution in [0, 0.1) is 0 Å². The highest BCUT2D eigenvalue weighted by Gasteiger charge is 2.19. The van der Waals surface area contributed by atoms with Gasteiger partial charge in [-0.1, -0.05) is 121 Å². The molecule has 0 amide bonds. The van der Waals surface area contributed by atoms with Crippen molar-refractivity contribution < 1.29 is 4.57 Å². The molecule has 3 heterocycles. The molecule has 268 valence electrons. The van der Waals surface area contributed by atoms with Crippen molar-refractivity contribution in [1.29, 1.82) is 0 Å². The van der Waals surface area contributed by atoms with Crippen molar-refractivity contribution in [1.82, 2.24) is 4.57 Å². The van der Waals surface area contributed by atoms with E-state index in [4.69, 9.17) is 0 Å². The van der Waals surface area contributed by atoms with E-state index in [1.807, 2.05) is 11.3 Å². The van der Waals surface area contributed by atoms with Gasteiger partial charge in [-0.3, -0.25) is 0 Å². The Balaban J connectivity index is 0.976. The molecular weight excluding hydrogens is 711 g/mol. The number of hydrogen-bond acceptors (Lipinski definition) is 2. The van der Waals surface area contributed by atoms with Gasteiger partial charge in [-0.2, -0.15) is 4.57 Å². The van der Waals surface area contributed by atoms with E-state index in [1.54, 1.807) is 0 Å². The smallest absolute Gasteiger partial charge is 0.211 e. The van der Waals surface area contributed by atoms with E-state index in [0.29, 0.717) is 0 Å². The maximum absolute atomic E-state index is 2.41. The predicted octanol–water partition coefficient (Wildman–Crippen LogP) is 14.2. The molecule has 11 aromatic rings. The van der Waals surface area contributed by atoms with Gasteiger partial charge in [-0.15, -0.1) is 11.3 Å². The minimum atomic E-state index is 1.08. The summed E-state index contributed by atoms with van der Waals surface area (Å²) in [5.41, 5.74) is 12.8.